The van der Waals surface area contributed by atoms with Crippen LogP contribution in [0.25, 0.3) is 27.7 Å². The van der Waals surface area contributed by atoms with E-state index < -0.39 is 0 Å². The number of aryl methyl sites for hydroxylation is 1. The van der Waals surface area contributed by atoms with Gasteiger partial charge in [0.05, 0.1) is 23.3 Å². The third-order valence-electron chi connectivity index (χ3n) is 5.93. The van der Waals surface area contributed by atoms with Crippen LogP contribution in [0.3, 0.4) is 0 Å². The number of halogens is 1. The van der Waals surface area contributed by atoms with Crippen molar-refractivity contribution in [1.29, 1.82) is 0 Å². The number of nitrogens with zero attached hydrogens (tertiary/aromatic N) is 5. The summed E-state index contributed by atoms with van der Waals surface area (Å²) in [5.41, 5.74) is 3.71. The van der Waals surface area contributed by atoms with Gasteiger partial charge in [0.25, 0.3) is 0 Å². The number of rotatable bonds is 5. The van der Waals surface area contributed by atoms with Crippen LogP contribution in [-0.2, 0) is 4.74 Å². The van der Waals surface area contributed by atoms with Gasteiger partial charge in [0, 0.05) is 31.0 Å². The number of benzene rings is 1. The number of methoxy groups -OCH3 is 1. The van der Waals surface area contributed by atoms with E-state index in [-0.39, 0.29) is 11.9 Å². The topological polar surface area (TPSA) is 69.3 Å². The van der Waals surface area contributed by atoms with E-state index in [0.717, 1.165) is 40.8 Å². The predicted octanol–water partition coefficient (Wildman–Crippen LogP) is 4.36. The van der Waals surface area contributed by atoms with E-state index in [0.29, 0.717) is 23.6 Å². The molecule has 3 aromatic heterocycles. The molecule has 1 aromatic carbocycles. The van der Waals surface area contributed by atoms with Gasteiger partial charge in [-0.1, -0.05) is 0 Å². The molecule has 156 valence electrons. The van der Waals surface area contributed by atoms with Crippen molar-refractivity contribution in [2.24, 2.45) is 0 Å². The number of aromatic nitrogens is 5. The molecule has 1 saturated carbocycles. The first-order valence-corrected chi connectivity index (χ1v) is 10.3. The molecule has 4 aromatic rings. The van der Waals surface area contributed by atoms with E-state index in [9.17, 15) is 4.39 Å². The van der Waals surface area contributed by atoms with Gasteiger partial charge in [-0.2, -0.15) is 0 Å². The fraction of sp³-hybridized carbons (Fsp3) is 0.409. The molecule has 0 atom stereocenters. The Kier molecular flexibility index (Phi) is 4.47. The van der Waals surface area contributed by atoms with Crippen LogP contribution >= 0.6 is 0 Å². The van der Waals surface area contributed by atoms with Crippen molar-refractivity contribution in [1.82, 2.24) is 24.1 Å². The quantitative estimate of drug-likeness (QED) is 0.531. The summed E-state index contributed by atoms with van der Waals surface area (Å²) in [5.74, 6) is 1.07. The van der Waals surface area contributed by atoms with Crippen molar-refractivity contribution in [3.8, 4) is 11.1 Å². The first kappa shape index (κ1) is 19.0. The summed E-state index contributed by atoms with van der Waals surface area (Å²) >= 11 is 0. The van der Waals surface area contributed by atoms with Crippen molar-refractivity contribution in [3.63, 3.8) is 0 Å². The Morgan fingerprint density at radius 2 is 2.03 bits per heavy atom. The Morgan fingerprint density at radius 1 is 1.23 bits per heavy atom. The summed E-state index contributed by atoms with van der Waals surface area (Å²) in [5, 5.41) is 7.92. The zero-order valence-corrected chi connectivity index (χ0v) is 17.6. The molecule has 0 radical (unpaired) electrons. The van der Waals surface area contributed by atoms with Gasteiger partial charge in [-0.15, -0.1) is 5.10 Å². The maximum Gasteiger partial charge on any atom is 0.241 e. The molecule has 0 aliphatic heterocycles. The number of hydrogen-bond acceptors (Lipinski definition) is 5. The zero-order chi connectivity index (χ0) is 21.0. The van der Waals surface area contributed by atoms with Gasteiger partial charge in [0.2, 0.25) is 5.95 Å². The SMILES string of the molecule is CO[C@H]1C[C@H](Nc2ncc3c(-c4cc(F)c5nc(C)n(C(C)C)c5c4)ccn3n2)C1. The van der Waals surface area contributed by atoms with Crippen LogP contribution in [0.4, 0.5) is 10.3 Å². The molecule has 0 bridgehead atoms. The average molecular weight is 408 g/mol. The van der Waals surface area contributed by atoms with Gasteiger partial charge in [-0.05, 0) is 57.4 Å². The van der Waals surface area contributed by atoms with Crippen molar-refractivity contribution < 1.29 is 9.13 Å². The van der Waals surface area contributed by atoms with Gasteiger partial charge in [-0.25, -0.2) is 18.9 Å². The number of nitrogens with one attached hydrogen (secondary N) is 1. The maximum atomic E-state index is 14.9. The highest BCUT2D eigenvalue weighted by atomic mass is 19.1. The van der Waals surface area contributed by atoms with Gasteiger partial charge >= 0.3 is 0 Å². The molecule has 30 heavy (non-hydrogen) atoms. The van der Waals surface area contributed by atoms with Gasteiger partial charge in [0.15, 0.2) is 5.82 Å². The number of ether oxygens (including phenoxy) is 1. The molecule has 0 unspecified atom stereocenters. The Bertz CT molecular complexity index is 1240. The lowest BCUT2D eigenvalue weighted by Gasteiger charge is -2.34. The first-order valence-electron chi connectivity index (χ1n) is 10.3. The Morgan fingerprint density at radius 3 is 2.77 bits per heavy atom. The molecule has 8 heteroatoms. The lowest BCUT2D eigenvalue weighted by Crippen LogP contribution is -2.40. The second-order valence-corrected chi connectivity index (χ2v) is 8.26. The molecule has 3 heterocycles. The fourth-order valence-corrected chi connectivity index (χ4v) is 4.35. The van der Waals surface area contributed by atoms with Crippen LogP contribution in [0.5, 0.6) is 0 Å². The van der Waals surface area contributed by atoms with Gasteiger partial charge in [0.1, 0.15) is 11.3 Å². The van der Waals surface area contributed by atoms with E-state index in [1.54, 1.807) is 23.9 Å². The summed E-state index contributed by atoms with van der Waals surface area (Å²) in [6.07, 6.45) is 5.89. The van der Waals surface area contributed by atoms with Crippen LogP contribution in [0, 0.1) is 12.7 Å². The molecule has 0 amide bonds. The van der Waals surface area contributed by atoms with Crippen LogP contribution in [0.2, 0.25) is 0 Å². The van der Waals surface area contributed by atoms with Crippen LogP contribution in [-0.4, -0.2) is 43.4 Å². The second kappa shape index (κ2) is 7.05. The summed E-state index contributed by atoms with van der Waals surface area (Å²) in [6.45, 7) is 6.06. The standard InChI is InChI=1S/C22H25FN6O/c1-12(2)29-13(3)25-21-18(23)7-14(8-19(21)29)17-5-6-28-20(17)11-24-22(27-28)26-15-9-16(10-15)30-4/h5-8,11-12,15-16H,9-10H2,1-4H3,(H,26,27)/t15-,16-. The Labute approximate surface area is 173 Å². The summed E-state index contributed by atoms with van der Waals surface area (Å²) in [6, 6.07) is 6.01. The Hall–Kier alpha value is -3.00. The molecular formula is C22H25FN6O. The molecule has 0 saturated heterocycles. The fourth-order valence-electron chi connectivity index (χ4n) is 4.35. The highest BCUT2D eigenvalue weighted by Gasteiger charge is 2.29. The minimum absolute atomic E-state index is 0.191. The molecular weight excluding hydrogens is 383 g/mol. The van der Waals surface area contributed by atoms with Crippen LogP contribution in [0.1, 0.15) is 38.6 Å². The summed E-state index contributed by atoms with van der Waals surface area (Å²) < 4.78 is 24.0. The third-order valence-corrected chi connectivity index (χ3v) is 5.93. The van der Waals surface area contributed by atoms with Gasteiger partial charge < -0.3 is 14.6 Å². The predicted molar refractivity (Wildman–Crippen MR) is 114 cm³/mol. The molecule has 5 rings (SSSR count). The second-order valence-electron chi connectivity index (χ2n) is 8.26. The van der Waals surface area contributed by atoms with E-state index >= 15 is 0 Å². The smallest absolute Gasteiger partial charge is 0.241 e. The van der Waals surface area contributed by atoms with Crippen LogP contribution < -0.4 is 5.32 Å². The number of hydrogen-bond donors (Lipinski definition) is 1. The molecule has 1 fully saturated rings. The summed E-state index contributed by atoms with van der Waals surface area (Å²) in [7, 11) is 1.74. The number of anilines is 1. The van der Waals surface area contributed by atoms with E-state index in [4.69, 9.17) is 4.74 Å². The monoisotopic (exact) mass is 408 g/mol. The normalized spacial score (nSPS) is 19.0. The van der Waals surface area contributed by atoms with Crippen molar-refractivity contribution >= 4 is 22.5 Å². The summed E-state index contributed by atoms with van der Waals surface area (Å²) in [4.78, 5) is 8.90. The number of fused-ring (bicyclic) bond motifs is 2. The van der Waals surface area contributed by atoms with Crippen molar-refractivity contribution in [3.05, 3.63) is 42.2 Å². The Balaban J connectivity index is 1.52. The first-order chi connectivity index (χ1) is 14.4. The van der Waals surface area contributed by atoms with Crippen molar-refractivity contribution in [2.75, 3.05) is 12.4 Å². The molecule has 1 aliphatic carbocycles. The van der Waals surface area contributed by atoms with E-state index in [1.165, 1.54) is 0 Å². The minimum Gasteiger partial charge on any atom is -0.381 e. The van der Waals surface area contributed by atoms with E-state index in [1.807, 2.05) is 25.3 Å². The number of imidazole rings is 1. The maximum absolute atomic E-state index is 14.9. The lowest BCUT2D eigenvalue weighted by atomic mass is 9.89. The molecule has 7 nitrogen and oxygen atoms in total. The van der Waals surface area contributed by atoms with Gasteiger partial charge in [-0.3, -0.25) is 0 Å². The largest absolute Gasteiger partial charge is 0.381 e. The van der Waals surface area contributed by atoms with Crippen LogP contribution in [0.15, 0.2) is 30.6 Å². The minimum atomic E-state index is -0.318. The average Bonchev–Trinajstić information content (AvgIpc) is 3.24. The van der Waals surface area contributed by atoms with E-state index in [2.05, 4.69) is 38.8 Å². The zero-order valence-electron chi connectivity index (χ0n) is 17.6. The molecule has 1 N–H and O–H groups in total. The third kappa shape index (κ3) is 3.02. The van der Waals surface area contributed by atoms with Crippen molar-refractivity contribution in [2.45, 2.75) is 51.8 Å². The highest BCUT2D eigenvalue weighted by molar-refractivity contribution is 5.88. The molecule has 0 spiro atoms. The highest BCUT2D eigenvalue weighted by Crippen LogP contribution is 2.32. The lowest BCUT2D eigenvalue weighted by molar-refractivity contribution is 0.0326. The molecule has 1 aliphatic rings.